The third kappa shape index (κ3) is 3.96. The van der Waals surface area contributed by atoms with Crippen molar-refractivity contribution in [2.24, 2.45) is 0 Å². The number of benzene rings is 1. The van der Waals surface area contributed by atoms with Gasteiger partial charge in [0.25, 0.3) is 0 Å². The van der Waals surface area contributed by atoms with Gasteiger partial charge >= 0.3 is 0 Å². The molecule has 0 aliphatic carbocycles. The highest BCUT2D eigenvalue weighted by atomic mass is 35.5. The number of furan rings is 1. The van der Waals surface area contributed by atoms with Crippen molar-refractivity contribution >= 4 is 35.2 Å². The minimum atomic E-state index is -0.0490. The lowest BCUT2D eigenvalue weighted by Crippen LogP contribution is -2.39. The van der Waals surface area contributed by atoms with Crippen LogP contribution in [0.25, 0.3) is 17.4 Å². The summed E-state index contributed by atoms with van der Waals surface area (Å²) >= 11 is 12.1. The lowest BCUT2D eigenvalue weighted by Gasteiger charge is -2.25. The molecule has 120 valence electrons. The first-order valence-corrected chi connectivity index (χ1v) is 7.99. The maximum Gasteiger partial charge on any atom is 0.246 e. The summed E-state index contributed by atoms with van der Waals surface area (Å²) in [5, 5.41) is 1.14. The first-order chi connectivity index (χ1) is 11.1. The summed E-state index contributed by atoms with van der Waals surface area (Å²) in [6, 6.07) is 8.78. The zero-order valence-corrected chi connectivity index (χ0v) is 13.8. The molecular formula is C17H15Cl2NO3. The van der Waals surface area contributed by atoms with Crippen LogP contribution in [0.1, 0.15) is 5.76 Å². The van der Waals surface area contributed by atoms with Crippen molar-refractivity contribution in [3.63, 3.8) is 0 Å². The molecule has 0 saturated carbocycles. The van der Waals surface area contributed by atoms with E-state index in [1.54, 1.807) is 41.3 Å². The zero-order chi connectivity index (χ0) is 16.2. The van der Waals surface area contributed by atoms with Crippen LogP contribution in [0.15, 0.2) is 40.8 Å². The summed E-state index contributed by atoms with van der Waals surface area (Å²) in [7, 11) is 0. The average molecular weight is 352 g/mol. The van der Waals surface area contributed by atoms with E-state index in [9.17, 15) is 4.79 Å². The van der Waals surface area contributed by atoms with Gasteiger partial charge in [0.2, 0.25) is 5.91 Å². The molecule has 1 fully saturated rings. The summed E-state index contributed by atoms with van der Waals surface area (Å²) in [5.74, 6) is 1.14. The van der Waals surface area contributed by atoms with Crippen LogP contribution in [0.5, 0.6) is 0 Å². The van der Waals surface area contributed by atoms with Crippen LogP contribution in [0.3, 0.4) is 0 Å². The molecule has 2 heterocycles. The molecule has 1 aliphatic heterocycles. The fourth-order valence-corrected chi connectivity index (χ4v) is 2.70. The molecule has 3 rings (SSSR count). The van der Waals surface area contributed by atoms with Crippen molar-refractivity contribution in [1.29, 1.82) is 0 Å². The molecule has 1 saturated heterocycles. The Kier molecular flexibility index (Phi) is 5.06. The van der Waals surface area contributed by atoms with Crippen molar-refractivity contribution in [2.45, 2.75) is 0 Å². The van der Waals surface area contributed by atoms with E-state index in [0.29, 0.717) is 47.9 Å². The van der Waals surface area contributed by atoms with E-state index in [4.69, 9.17) is 32.4 Å². The summed E-state index contributed by atoms with van der Waals surface area (Å²) in [5.41, 5.74) is 0.721. The number of ether oxygens (including phenoxy) is 1. The molecule has 23 heavy (non-hydrogen) atoms. The molecule has 0 radical (unpaired) electrons. The predicted octanol–water partition coefficient (Wildman–Crippen LogP) is 4.13. The molecule has 0 atom stereocenters. The van der Waals surface area contributed by atoms with Crippen molar-refractivity contribution in [2.75, 3.05) is 26.3 Å². The van der Waals surface area contributed by atoms with Crippen LogP contribution in [-0.4, -0.2) is 37.1 Å². The second-order valence-electron chi connectivity index (χ2n) is 5.10. The predicted molar refractivity (Wildman–Crippen MR) is 90.6 cm³/mol. The number of nitrogens with zero attached hydrogens (tertiary/aromatic N) is 1. The van der Waals surface area contributed by atoms with Crippen molar-refractivity contribution < 1.29 is 13.9 Å². The minimum Gasteiger partial charge on any atom is -0.457 e. The van der Waals surface area contributed by atoms with Crippen molar-refractivity contribution in [3.05, 3.63) is 52.2 Å². The van der Waals surface area contributed by atoms with E-state index in [1.807, 2.05) is 0 Å². The maximum atomic E-state index is 12.1. The Balaban J connectivity index is 1.73. The largest absolute Gasteiger partial charge is 0.457 e. The zero-order valence-electron chi connectivity index (χ0n) is 12.3. The summed E-state index contributed by atoms with van der Waals surface area (Å²) in [6.07, 6.45) is 3.16. The molecule has 2 aromatic rings. The number of amides is 1. The van der Waals surface area contributed by atoms with Gasteiger partial charge in [0.05, 0.1) is 18.2 Å². The first kappa shape index (κ1) is 16.1. The molecule has 6 heteroatoms. The van der Waals surface area contributed by atoms with E-state index in [1.165, 1.54) is 6.08 Å². The highest BCUT2D eigenvalue weighted by molar-refractivity contribution is 6.35. The minimum absolute atomic E-state index is 0.0490. The average Bonchev–Trinajstić information content (AvgIpc) is 3.04. The third-order valence-electron chi connectivity index (χ3n) is 3.53. The van der Waals surface area contributed by atoms with Crippen LogP contribution < -0.4 is 0 Å². The van der Waals surface area contributed by atoms with Crippen LogP contribution in [0.2, 0.25) is 10.0 Å². The smallest absolute Gasteiger partial charge is 0.246 e. The molecular weight excluding hydrogens is 337 g/mol. The highest BCUT2D eigenvalue weighted by Crippen LogP contribution is 2.32. The molecule has 1 aliphatic rings. The highest BCUT2D eigenvalue weighted by Gasteiger charge is 2.14. The van der Waals surface area contributed by atoms with Crippen LogP contribution in [-0.2, 0) is 9.53 Å². The van der Waals surface area contributed by atoms with Gasteiger partial charge in [-0.1, -0.05) is 23.2 Å². The Hall–Kier alpha value is -1.75. The third-order valence-corrected chi connectivity index (χ3v) is 4.10. The van der Waals surface area contributed by atoms with Gasteiger partial charge in [-0.05, 0) is 36.4 Å². The van der Waals surface area contributed by atoms with E-state index >= 15 is 0 Å². The lowest BCUT2D eigenvalue weighted by molar-refractivity contribution is -0.129. The topological polar surface area (TPSA) is 42.7 Å². The molecule has 1 aromatic heterocycles. The molecule has 1 amide bonds. The molecule has 4 nitrogen and oxygen atoms in total. The fourth-order valence-electron chi connectivity index (χ4n) is 2.32. The Bertz CT molecular complexity index is 733. The first-order valence-electron chi connectivity index (χ1n) is 7.23. The quantitative estimate of drug-likeness (QED) is 0.781. The fraction of sp³-hybridized carbons (Fsp3) is 0.235. The Labute approximate surface area is 144 Å². The number of halogens is 2. The number of carbonyl (C=O) groups is 1. The van der Waals surface area contributed by atoms with Gasteiger partial charge in [0.1, 0.15) is 11.5 Å². The van der Waals surface area contributed by atoms with E-state index < -0.39 is 0 Å². The van der Waals surface area contributed by atoms with Crippen LogP contribution in [0, 0.1) is 0 Å². The second-order valence-corrected chi connectivity index (χ2v) is 5.94. The van der Waals surface area contributed by atoms with Gasteiger partial charge in [-0.25, -0.2) is 0 Å². The standard InChI is InChI=1S/C17H15Cl2NO3/c18-12-1-4-15(19)14(11-12)16-5-2-13(23-16)3-6-17(21)20-7-9-22-10-8-20/h1-6,11H,7-10H2. The van der Waals surface area contributed by atoms with Gasteiger partial charge in [-0.3, -0.25) is 4.79 Å². The Morgan fingerprint density at radius 1 is 1.13 bits per heavy atom. The number of morpholine rings is 1. The molecule has 1 aromatic carbocycles. The van der Waals surface area contributed by atoms with E-state index in [-0.39, 0.29) is 5.91 Å². The van der Waals surface area contributed by atoms with Gasteiger partial charge < -0.3 is 14.1 Å². The lowest BCUT2D eigenvalue weighted by atomic mass is 10.2. The van der Waals surface area contributed by atoms with Gasteiger partial charge in [-0.15, -0.1) is 0 Å². The van der Waals surface area contributed by atoms with Crippen molar-refractivity contribution in [1.82, 2.24) is 4.90 Å². The summed E-state index contributed by atoms with van der Waals surface area (Å²) in [4.78, 5) is 13.8. The van der Waals surface area contributed by atoms with Gasteiger partial charge in [-0.2, -0.15) is 0 Å². The van der Waals surface area contributed by atoms with Gasteiger partial charge in [0.15, 0.2) is 0 Å². The molecule has 0 unspecified atom stereocenters. The van der Waals surface area contributed by atoms with E-state index in [0.717, 1.165) is 5.56 Å². The maximum absolute atomic E-state index is 12.1. The van der Waals surface area contributed by atoms with Crippen LogP contribution >= 0.6 is 23.2 Å². The molecule has 0 spiro atoms. The Morgan fingerprint density at radius 3 is 2.70 bits per heavy atom. The number of hydrogen-bond acceptors (Lipinski definition) is 3. The summed E-state index contributed by atoms with van der Waals surface area (Å²) in [6.45, 7) is 2.39. The monoisotopic (exact) mass is 351 g/mol. The van der Waals surface area contributed by atoms with E-state index in [2.05, 4.69) is 0 Å². The normalized spacial score (nSPS) is 15.3. The van der Waals surface area contributed by atoms with Crippen molar-refractivity contribution in [3.8, 4) is 11.3 Å². The molecule has 0 N–H and O–H groups in total. The summed E-state index contributed by atoms with van der Waals surface area (Å²) < 4.78 is 10.9. The molecule has 0 bridgehead atoms. The number of rotatable bonds is 3. The SMILES string of the molecule is O=C(C=Cc1ccc(-c2cc(Cl)ccc2Cl)o1)N1CCOCC1. The number of carbonyl (C=O) groups excluding carboxylic acids is 1. The second kappa shape index (κ2) is 7.21. The number of hydrogen-bond donors (Lipinski definition) is 0. The van der Waals surface area contributed by atoms with Gasteiger partial charge in [0, 0.05) is 29.8 Å². The Morgan fingerprint density at radius 2 is 1.91 bits per heavy atom. The van der Waals surface area contributed by atoms with Crippen LogP contribution in [0.4, 0.5) is 0 Å².